The van der Waals surface area contributed by atoms with Crippen LogP contribution >= 0.6 is 0 Å². The molecule has 1 rings (SSSR count). The van der Waals surface area contributed by atoms with Crippen molar-refractivity contribution in [2.24, 2.45) is 0 Å². The third kappa shape index (κ3) is 5.17. The molecule has 0 aromatic heterocycles. The molecule has 0 amide bonds. The highest BCUT2D eigenvalue weighted by Gasteiger charge is 1.89. The second-order valence-corrected chi connectivity index (χ2v) is 3.33. The Morgan fingerprint density at radius 2 is 1.33 bits per heavy atom. The second kappa shape index (κ2) is 7.15. The molecule has 0 aromatic rings. The van der Waals surface area contributed by atoms with E-state index >= 15 is 0 Å². The van der Waals surface area contributed by atoms with E-state index in [2.05, 4.69) is 30.7 Å². The van der Waals surface area contributed by atoms with Crippen LogP contribution in [0.2, 0.25) is 0 Å². The maximum atomic E-state index is 2.43. The number of hydrogen-bond acceptors (Lipinski definition) is 0. The van der Waals surface area contributed by atoms with Gasteiger partial charge in [-0.25, -0.2) is 0 Å². The average Bonchev–Trinajstić information content (AvgIpc) is 2.05. The highest BCUT2D eigenvalue weighted by Crippen LogP contribution is 2.08. The van der Waals surface area contributed by atoms with Gasteiger partial charge in [-0.1, -0.05) is 37.1 Å². The Balaban J connectivity index is 2.20. The largest absolute Gasteiger partial charge is 0.0882 e. The molecule has 0 saturated carbocycles. The van der Waals surface area contributed by atoms with E-state index in [-0.39, 0.29) is 0 Å². The summed E-state index contributed by atoms with van der Waals surface area (Å²) in [7, 11) is 0. The van der Waals surface area contributed by atoms with Crippen molar-refractivity contribution in [1.82, 2.24) is 0 Å². The van der Waals surface area contributed by atoms with Crippen molar-refractivity contribution in [1.29, 1.82) is 0 Å². The smallest absolute Gasteiger partial charge is 0.0169 e. The molecule has 0 spiro atoms. The topological polar surface area (TPSA) is 0 Å². The molecule has 67 valence electrons. The second-order valence-electron chi connectivity index (χ2n) is 3.33. The summed E-state index contributed by atoms with van der Waals surface area (Å²) in [4.78, 5) is 0. The van der Waals surface area contributed by atoms with E-state index in [9.17, 15) is 0 Å². The van der Waals surface area contributed by atoms with Crippen LogP contribution < -0.4 is 0 Å². The summed E-state index contributed by atoms with van der Waals surface area (Å²) >= 11 is 0. The maximum Gasteiger partial charge on any atom is -0.0169 e. The molecule has 0 heterocycles. The van der Waals surface area contributed by atoms with Crippen molar-refractivity contribution in [3.8, 4) is 0 Å². The van der Waals surface area contributed by atoms with Crippen LogP contribution in [0.5, 0.6) is 0 Å². The fourth-order valence-corrected chi connectivity index (χ4v) is 1.42. The fourth-order valence-electron chi connectivity index (χ4n) is 1.42. The molecule has 0 saturated heterocycles. The summed E-state index contributed by atoms with van der Waals surface area (Å²) in [5.41, 5.74) is 0. The zero-order valence-corrected chi connectivity index (χ0v) is 7.84. The van der Waals surface area contributed by atoms with Crippen LogP contribution in [0.15, 0.2) is 24.3 Å². The Kier molecular flexibility index (Phi) is 5.70. The highest BCUT2D eigenvalue weighted by atomic mass is 14.0. The van der Waals surface area contributed by atoms with Gasteiger partial charge in [-0.15, -0.1) is 0 Å². The summed E-state index contributed by atoms with van der Waals surface area (Å²) in [5.74, 6) is 0. The molecular weight excluding hydrogens is 144 g/mol. The Hall–Kier alpha value is -0.520. The molecule has 0 bridgehead atoms. The third-order valence-corrected chi connectivity index (χ3v) is 2.17. The van der Waals surface area contributed by atoms with Crippen molar-refractivity contribution in [3.05, 3.63) is 30.7 Å². The van der Waals surface area contributed by atoms with E-state index < -0.39 is 0 Å². The van der Waals surface area contributed by atoms with E-state index in [4.69, 9.17) is 0 Å². The van der Waals surface area contributed by atoms with Crippen molar-refractivity contribution < 1.29 is 0 Å². The normalized spacial score (nSPS) is 21.3. The molecule has 12 heavy (non-hydrogen) atoms. The van der Waals surface area contributed by atoms with E-state index in [1.165, 1.54) is 38.5 Å². The van der Waals surface area contributed by atoms with Crippen LogP contribution in [0.3, 0.4) is 0 Å². The Bertz CT molecular complexity index is 126. The molecule has 0 N–H and O–H groups in total. The van der Waals surface area contributed by atoms with E-state index in [1.54, 1.807) is 0 Å². The molecule has 1 radical (unpaired) electrons. The lowest BCUT2D eigenvalue weighted by atomic mass is 10.1. The van der Waals surface area contributed by atoms with Gasteiger partial charge in [-0.05, 0) is 38.5 Å². The van der Waals surface area contributed by atoms with Crippen LogP contribution in [-0.4, -0.2) is 0 Å². The molecule has 0 atom stereocenters. The van der Waals surface area contributed by atoms with E-state index in [1.807, 2.05) is 0 Å². The van der Waals surface area contributed by atoms with Gasteiger partial charge in [0.25, 0.3) is 0 Å². The molecule has 0 fully saturated rings. The molecule has 1 aliphatic rings. The summed E-state index contributed by atoms with van der Waals surface area (Å²) in [6, 6.07) is 0. The standard InChI is InChI=1S/C12H19/c1-2-4-6-8-10-12-11-9-7-5-3-1/h1-2,5,7-8H,3-4,6,9-12H2. The first kappa shape index (κ1) is 9.57. The third-order valence-electron chi connectivity index (χ3n) is 2.17. The number of allylic oxidation sites excluding steroid dienone is 4. The van der Waals surface area contributed by atoms with Gasteiger partial charge >= 0.3 is 0 Å². The van der Waals surface area contributed by atoms with E-state index in [0.29, 0.717) is 0 Å². The summed E-state index contributed by atoms with van der Waals surface area (Å²) in [6.45, 7) is 0. The lowest BCUT2D eigenvalue weighted by Gasteiger charge is -1.98. The number of rotatable bonds is 0. The van der Waals surface area contributed by atoms with Gasteiger partial charge in [0, 0.05) is 0 Å². The maximum absolute atomic E-state index is 2.43. The zero-order chi connectivity index (χ0) is 8.49. The van der Waals surface area contributed by atoms with Crippen molar-refractivity contribution in [2.75, 3.05) is 0 Å². The SMILES string of the molecule is [CH]1CCC=CCC=CCCCC1. The highest BCUT2D eigenvalue weighted by molar-refractivity contribution is 4.93. The van der Waals surface area contributed by atoms with Crippen LogP contribution in [-0.2, 0) is 0 Å². The van der Waals surface area contributed by atoms with Crippen LogP contribution in [0, 0.1) is 6.42 Å². The Morgan fingerprint density at radius 3 is 2.25 bits per heavy atom. The summed E-state index contributed by atoms with van der Waals surface area (Å²) in [6.07, 6.45) is 20.5. The Labute approximate surface area is 76.4 Å². The van der Waals surface area contributed by atoms with Crippen molar-refractivity contribution >= 4 is 0 Å². The monoisotopic (exact) mass is 163 g/mol. The minimum Gasteiger partial charge on any atom is -0.0882 e. The van der Waals surface area contributed by atoms with E-state index in [0.717, 1.165) is 6.42 Å². The van der Waals surface area contributed by atoms with Crippen LogP contribution in [0.25, 0.3) is 0 Å². The minimum atomic E-state index is 1.12. The van der Waals surface area contributed by atoms with Crippen molar-refractivity contribution in [2.45, 2.75) is 44.9 Å². The zero-order valence-electron chi connectivity index (χ0n) is 7.84. The molecule has 0 unspecified atom stereocenters. The van der Waals surface area contributed by atoms with Gasteiger partial charge in [0.15, 0.2) is 0 Å². The van der Waals surface area contributed by atoms with Gasteiger partial charge in [-0.2, -0.15) is 0 Å². The van der Waals surface area contributed by atoms with Gasteiger partial charge in [0.2, 0.25) is 0 Å². The molecule has 0 heteroatoms. The quantitative estimate of drug-likeness (QED) is 0.473. The number of hydrogen-bond donors (Lipinski definition) is 0. The first-order valence-corrected chi connectivity index (χ1v) is 5.12. The summed E-state index contributed by atoms with van der Waals surface area (Å²) in [5, 5.41) is 0. The molecular formula is C12H19. The molecule has 0 nitrogen and oxygen atoms in total. The average molecular weight is 163 g/mol. The molecule has 0 aliphatic heterocycles. The van der Waals surface area contributed by atoms with Gasteiger partial charge in [-0.3, -0.25) is 0 Å². The molecule has 1 aliphatic carbocycles. The molecule has 0 aromatic carbocycles. The first-order chi connectivity index (χ1) is 6.00. The van der Waals surface area contributed by atoms with Gasteiger partial charge < -0.3 is 0 Å². The van der Waals surface area contributed by atoms with Crippen LogP contribution in [0.4, 0.5) is 0 Å². The first-order valence-electron chi connectivity index (χ1n) is 5.12. The Morgan fingerprint density at radius 1 is 0.583 bits per heavy atom. The predicted octanol–water partition coefficient (Wildman–Crippen LogP) is 4.05. The lowest BCUT2D eigenvalue weighted by molar-refractivity contribution is 0.713. The predicted molar refractivity (Wildman–Crippen MR) is 54.9 cm³/mol. The minimum absolute atomic E-state index is 1.12. The van der Waals surface area contributed by atoms with Crippen molar-refractivity contribution in [3.63, 3.8) is 0 Å². The lowest BCUT2D eigenvalue weighted by Crippen LogP contribution is -1.80. The van der Waals surface area contributed by atoms with Gasteiger partial charge in [0.05, 0.1) is 0 Å². The van der Waals surface area contributed by atoms with Gasteiger partial charge in [0.1, 0.15) is 0 Å². The summed E-state index contributed by atoms with van der Waals surface area (Å²) < 4.78 is 0. The fraction of sp³-hybridized carbons (Fsp3) is 0.583. The van der Waals surface area contributed by atoms with Crippen LogP contribution in [0.1, 0.15) is 44.9 Å².